The molecule has 2 amide bonds. The molecule has 0 aliphatic heterocycles. The van der Waals surface area contributed by atoms with Crippen molar-refractivity contribution in [2.75, 3.05) is 13.6 Å². The molecule has 3 N–H and O–H groups in total. The maximum atomic E-state index is 11.7. The Labute approximate surface area is 101 Å². The molecule has 0 saturated heterocycles. The number of nitrogens with one attached hydrogen (secondary N) is 1. The van der Waals surface area contributed by atoms with Crippen LogP contribution in [-0.4, -0.2) is 52.9 Å². The summed E-state index contributed by atoms with van der Waals surface area (Å²) in [6.45, 7) is 0.170. The van der Waals surface area contributed by atoms with Crippen molar-refractivity contribution in [1.82, 2.24) is 10.2 Å². The van der Waals surface area contributed by atoms with Gasteiger partial charge in [-0.2, -0.15) is 0 Å². The van der Waals surface area contributed by atoms with Gasteiger partial charge in [0.15, 0.2) is 6.10 Å². The fourth-order valence-electron chi connectivity index (χ4n) is 2.02. The number of aliphatic hydroxyl groups excluding tert-OH is 1. The Bertz CT molecular complexity index is 277. The monoisotopic (exact) mass is 244 g/mol. The number of hydrogen-bond donors (Lipinski definition) is 3. The van der Waals surface area contributed by atoms with E-state index in [1.165, 1.54) is 0 Å². The van der Waals surface area contributed by atoms with Crippen LogP contribution < -0.4 is 5.32 Å². The molecule has 0 radical (unpaired) electrons. The van der Waals surface area contributed by atoms with Gasteiger partial charge in [0, 0.05) is 26.1 Å². The van der Waals surface area contributed by atoms with Crippen molar-refractivity contribution in [3.63, 3.8) is 0 Å². The molecule has 0 unspecified atom stereocenters. The van der Waals surface area contributed by atoms with Crippen LogP contribution in [0.4, 0.5) is 4.79 Å². The van der Waals surface area contributed by atoms with E-state index >= 15 is 0 Å². The zero-order valence-electron chi connectivity index (χ0n) is 10.1. The minimum absolute atomic E-state index is 0.0274. The number of aliphatic hydroxyl groups is 1. The van der Waals surface area contributed by atoms with E-state index in [1.54, 1.807) is 11.9 Å². The Kier molecular flexibility index (Phi) is 5.21. The Morgan fingerprint density at radius 2 is 2.00 bits per heavy atom. The number of carbonyl (C=O) groups excluding carboxylic acids is 1. The van der Waals surface area contributed by atoms with Gasteiger partial charge >= 0.3 is 12.0 Å². The van der Waals surface area contributed by atoms with Gasteiger partial charge in [0.05, 0.1) is 0 Å². The first kappa shape index (κ1) is 13.8. The summed E-state index contributed by atoms with van der Waals surface area (Å²) in [6.07, 6.45) is 2.98. The maximum Gasteiger partial charge on any atom is 0.332 e. The molecule has 6 heteroatoms. The number of nitrogens with zero attached hydrogens (tertiary/aromatic N) is 1. The second-order valence-electron chi connectivity index (χ2n) is 4.42. The standard InChI is InChI=1S/C11H20N2O4/c1-13(8-4-2-3-5-8)11(17)12-7-6-9(14)10(15)16/h8-9,14H,2-7H2,1H3,(H,12,17)(H,15,16)/t9-/m0/s1. The van der Waals surface area contributed by atoms with Gasteiger partial charge in [0.25, 0.3) is 0 Å². The molecule has 0 bridgehead atoms. The van der Waals surface area contributed by atoms with Crippen LogP contribution in [0.15, 0.2) is 0 Å². The highest BCUT2D eigenvalue weighted by atomic mass is 16.4. The number of aliphatic carboxylic acids is 1. The van der Waals surface area contributed by atoms with Gasteiger partial charge in [-0.25, -0.2) is 9.59 Å². The molecule has 1 atom stereocenters. The molecule has 0 aromatic carbocycles. The van der Waals surface area contributed by atoms with Crippen molar-refractivity contribution in [3.8, 4) is 0 Å². The molecule has 1 saturated carbocycles. The quantitative estimate of drug-likeness (QED) is 0.653. The fraction of sp³-hybridized carbons (Fsp3) is 0.818. The van der Waals surface area contributed by atoms with E-state index in [0.29, 0.717) is 6.04 Å². The van der Waals surface area contributed by atoms with E-state index < -0.39 is 12.1 Å². The van der Waals surface area contributed by atoms with Crippen LogP contribution in [0, 0.1) is 0 Å². The molecule has 1 aliphatic rings. The minimum atomic E-state index is -1.41. The van der Waals surface area contributed by atoms with Gasteiger partial charge in [0.2, 0.25) is 0 Å². The SMILES string of the molecule is CN(C(=O)NCC[C@H](O)C(=O)O)C1CCCC1. The zero-order valence-corrected chi connectivity index (χ0v) is 10.1. The number of hydrogen-bond acceptors (Lipinski definition) is 3. The number of carboxylic acids is 1. The van der Waals surface area contributed by atoms with E-state index in [9.17, 15) is 9.59 Å². The lowest BCUT2D eigenvalue weighted by molar-refractivity contribution is -0.146. The molecule has 98 valence electrons. The number of amides is 2. The fourth-order valence-corrected chi connectivity index (χ4v) is 2.02. The van der Waals surface area contributed by atoms with Gasteiger partial charge in [-0.1, -0.05) is 12.8 Å². The summed E-state index contributed by atoms with van der Waals surface area (Å²) in [5.74, 6) is -1.26. The molecule has 1 rings (SSSR count). The number of urea groups is 1. The van der Waals surface area contributed by atoms with Gasteiger partial charge < -0.3 is 20.4 Å². The second kappa shape index (κ2) is 6.44. The Balaban J connectivity index is 2.22. The number of carbonyl (C=O) groups is 2. The summed E-state index contributed by atoms with van der Waals surface area (Å²) < 4.78 is 0. The van der Waals surface area contributed by atoms with Crippen LogP contribution in [0.2, 0.25) is 0 Å². The lowest BCUT2D eigenvalue weighted by Crippen LogP contribution is -2.43. The van der Waals surface area contributed by atoms with Crippen molar-refractivity contribution in [2.45, 2.75) is 44.2 Å². The van der Waals surface area contributed by atoms with Crippen molar-refractivity contribution < 1.29 is 19.8 Å². The molecule has 1 aliphatic carbocycles. The van der Waals surface area contributed by atoms with Crippen LogP contribution in [-0.2, 0) is 4.79 Å². The van der Waals surface area contributed by atoms with E-state index in [4.69, 9.17) is 10.2 Å². The highest BCUT2D eigenvalue weighted by Gasteiger charge is 2.23. The molecule has 17 heavy (non-hydrogen) atoms. The Hall–Kier alpha value is -1.30. The molecule has 0 aromatic heterocycles. The molecule has 6 nitrogen and oxygen atoms in total. The summed E-state index contributed by atoms with van der Waals surface area (Å²) in [4.78, 5) is 23.7. The highest BCUT2D eigenvalue weighted by molar-refractivity contribution is 5.74. The zero-order chi connectivity index (χ0) is 12.8. The normalized spacial score (nSPS) is 17.8. The summed E-state index contributed by atoms with van der Waals surface area (Å²) in [7, 11) is 1.75. The third-order valence-electron chi connectivity index (χ3n) is 3.17. The lowest BCUT2D eigenvalue weighted by atomic mass is 10.2. The topological polar surface area (TPSA) is 89.9 Å². The predicted molar refractivity (Wildman–Crippen MR) is 61.7 cm³/mol. The van der Waals surface area contributed by atoms with Crippen LogP contribution in [0.1, 0.15) is 32.1 Å². The summed E-state index contributed by atoms with van der Waals surface area (Å²) in [6, 6.07) is 0.0916. The maximum absolute atomic E-state index is 11.7. The van der Waals surface area contributed by atoms with Crippen molar-refractivity contribution in [1.29, 1.82) is 0 Å². The Morgan fingerprint density at radius 1 is 1.41 bits per heavy atom. The molecule has 0 spiro atoms. The smallest absolute Gasteiger partial charge is 0.332 e. The minimum Gasteiger partial charge on any atom is -0.479 e. The van der Waals surface area contributed by atoms with Crippen LogP contribution >= 0.6 is 0 Å². The molecular formula is C11H20N2O4. The predicted octanol–water partition coefficient (Wildman–Crippen LogP) is 0.406. The average Bonchev–Trinajstić information content (AvgIpc) is 2.80. The number of rotatable bonds is 5. The van der Waals surface area contributed by atoms with E-state index in [0.717, 1.165) is 25.7 Å². The van der Waals surface area contributed by atoms with Crippen molar-refractivity contribution in [3.05, 3.63) is 0 Å². The van der Waals surface area contributed by atoms with E-state index in [1.807, 2.05) is 0 Å². The van der Waals surface area contributed by atoms with E-state index in [2.05, 4.69) is 5.32 Å². The second-order valence-corrected chi connectivity index (χ2v) is 4.42. The first-order valence-corrected chi connectivity index (χ1v) is 5.94. The Morgan fingerprint density at radius 3 is 2.53 bits per heavy atom. The van der Waals surface area contributed by atoms with Crippen LogP contribution in [0.5, 0.6) is 0 Å². The lowest BCUT2D eigenvalue weighted by Gasteiger charge is -2.24. The first-order valence-electron chi connectivity index (χ1n) is 5.94. The third-order valence-corrected chi connectivity index (χ3v) is 3.17. The third kappa shape index (κ3) is 4.22. The van der Waals surface area contributed by atoms with Crippen LogP contribution in [0.3, 0.4) is 0 Å². The van der Waals surface area contributed by atoms with Gasteiger partial charge in [-0.3, -0.25) is 0 Å². The van der Waals surface area contributed by atoms with Gasteiger partial charge in [0.1, 0.15) is 0 Å². The average molecular weight is 244 g/mol. The van der Waals surface area contributed by atoms with Crippen molar-refractivity contribution in [2.24, 2.45) is 0 Å². The largest absolute Gasteiger partial charge is 0.479 e. The van der Waals surface area contributed by atoms with E-state index in [-0.39, 0.29) is 19.0 Å². The highest BCUT2D eigenvalue weighted by Crippen LogP contribution is 2.22. The van der Waals surface area contributed by atoms with Gasteiger partial charge in [-0.05, 0) is 12.8 Å². The molecular weight excluding hydrogens is 224 g/mol. The summed E-state index contributed by atoms with van der Waals surface area (Å²) >= 11 is 0. The summed E-state index contributed by atoms with van der Waals surface area (Å²) in [5, 5.41) is 20.1. The number of carboxylic acid groups (broad SMARTS) is 1. The van der Waals surface area contributed by atoms with Crippen LogP contribution in [0.25, 0.3) is 0 Å². The van der Waals surface area contributed by atoms with Crippen molar-refractivity contribution >= 4 is 12.0 Å². The molecule has 0 heterocycles. The summed E-state index contributed by atoms with van der Waals surface area (Å²) in [5.41, 5.74) is 0. The van der Waals surface area contributed by atoms with Gasteiger partial charge in [-0.15, -0.1) is 0 Å². The first-order chi connectivity index (χ1) is 8.02. The molecule has 0 aromatic rings. The molecule has 1 fully saturated rings.